The molecule has 20 heavy (non-hydrogen) atoms. The van der Waals surface area contributed by atoms with Gasteiger partial charge in [0.05, 0.1) is 18.2 Å². The van der Waals surface area contributed by atoms with E-state index in [0.29, 0.717) is 6.54 Å². The summed E-state index contributed by atoms with van der Waals surface area (Å²) in [5, 5.41) is 13.0. The summed E-state index contributed by atoms with van der Waals surface area (Å²) in [6.07, 6.45) is 3.02. The molecule has 2 aromatic heterocycles. The lowest BCUT2D eigenvalue weighted by atomic mass is 10.4. The molecule has 0 radical (unpaired) electrons. The van der Waals surface area contributed by atoms with Crippen molar-refractivity contribution in [3.8, 4) is 0 Å². The maximum absolute atomic E-state index is 11.7. The standard InChI is InChI=1S/C12H15N5O3/c1-2-13-6-9-7-17(16-15-9)8-11(18)14-12(19)10-4-3-5-20-10/h3-5,7,13H,2,6,8H2,1H3,(H,14,18,19). The molecule has 2 amide bonds. The third kappa shape index (κ3) is 3.75. The molecule has 106 valence electrons. The van der Waals surface area contributed by atoms with Crippen LogP contribution in [0.3, 0.4) is 0 Å². The summed E-state index contributed by atoms with van der Waals surface area (Å²) in [6.45, 7) is 3.32. The molecule has 0 unspecified atom stereocenters. The number of carbonyl (C=O) groups is 2. The SMILES string of the molecule is CCNCc1cn(CC(=O)NC(=O)c2ccco2)nn1. The lowest BCUT2D eigenvalue weighted by Crippen LogP contribution is -2.33. The maximum atomic E-state index is 11.7. The first-order valence-electron chi connectivity index (χ1n) is 6.16. The summed E-state index contributed by atoms with van der Waals surface area (Å²) in [7, 11) is 0. The summed E-state index contributed by atoms with van der Waals surface area (Å²) >= 11 is 0. The predicted octanol–water partition coefficient (Wildman–Crippen LogP) is -0.0628. The Balaban J connectivity index is 1.85. The number of nitrogens with zero attached hydrogens (tertiary/aromatic N) is 3. The van der Waals surface area contributed by atoms with Gasteiger partial charge in [-0.2, -0.15) is 0 Å². The number of aromatic nitrogens is 3. The van der Waals surface area contributed by atoms with Crippen LogP contribution in [0.2, 0.25) is 0 Å². The van der Waals surface area contributed by atoms with Gasteiger partial charge in [-0.3, -0.25) is 14.9 Å². The Morgan fingerprint density at radius 3 is 3.00 bits per heavy atom. The Labute approximate surface area is 115 Å². The highest BCUT2D eigenvalue weighted by Crippen LogP contribution is 1.99. The van der Waals surface area contributed by atoms with Crippen LogP contribution in [-0.4, -0.2) is 33.4 Å². The van der Waals surface area contributed by atoms with Crippen LogP contribution in [0.4, 0.5) is 0 Å². The number of amides is 2. The van der Waals surface area contributed by atoms with Crippen molar-refractivity contribution < 1.29 is 14.0 Å². The van der Waals surface area contributed by atoms with Crippen molar-refractivity contribution in [2.45, 2.75) is 20.0 Å². The summed E-state index contributed by atoms with van der Waals surface area (Å²) in [6, 6.07) is 3.05. The lowest BCUT2D eigenvalue weighted by molar-refractivity contribution is -0.120. The van der Waals surface area contributed by atoms with Crippen LogP contribution in [-0.2, 0) is 17.9 Å². The molecule has 0 aliphatic rings. The Morgan fingerprint density at radius 2 is 2.30 bits per heavy atom. The molecule has 8 heteroatoms. The third-order valence-corrected chi connectivity index (χ3v) is 2.45. The zero-order valence-corrected chi connectivity index (χ0v) is 11.0. The van der Waals surface area contributed by atoms with Crippen molar-refractivity contribution in [2.24, 2.45) is 0 Å². The average Bonchev–Trinajstić information content (AvgIpc) is 3.07. The predicted molar refractivity (Wildman–Crippen MR) is 68.6 cm³/mol. The summed E-state index contributed by atoms with van der Waals surface area (Å²) in [5.74, 6) is -0.968. The van der Waals surface area contributed by atoms with Gasteiger partial charge in [-0.05, 0) is 18.7 Å². The van der Waals surface area contributed by atoms with Crippen molar-refractivity contribution in [3.63, 3.8) is 0 Å². The highest BCUT2D eigenvalue weighted by Gasteiger charge is 2.13. The second-order valence-corrected chi connectivity index (χ2v) is 4.04. The summed E-state index contributed by atoms with van der Waals surface area (Å²) in [5.41, 5.74) is 0.733. The highest BCUT2D eigenvalue weighted by atomic mass is 16.3. The van der Waals surface area contributed by atoms with E-state index in [9.17, 15) is 9.59 Å². The molecule has 0 fully saturated rings. The first-order chi connectivity index (χ1) is 9.69. The fourth-order valence-corrected chi connectivity index (χ4v) is 1.53. The van der Waals surface area contributed by atoms with Gasteiger partial charge in [0.15, 0.2) is 5.76 Å². The molecule has 0 bridgehead atoms. The number of hydrogen-bond acceptors (Lipinski definition) is 6. The van der Waals surface area contributed by atoms with Gasteiger partial charge in [-0.15, -0.1) is 5.10 Å². The van der Waals surface area contributed by atoms with Gasteiger partial charge in [0.1, 0.15) is 6.54 Å². The van der Waals surface area contributed by atoms with E-state index in [2.05, 4.69) is 20.9 Å². The van der Waals surface area contributed by atoms with Crippen LogP contribution in [0.25, 0.3) is 0 Å². The van der Waals surface area contributed by atoms with Crippen molar-refractivity contribution in [2.75, 3.05) is 6.54 Å². The van der Waals surface area contributed by atoms with Gasteiger partial charge in [0, 0.05) is 6.54 Å². The van der Waals surface area contributed by atoms with Crippen LogP contribution >= 0.6 is 0 Å². The largest absolute Gasteiger partial charge is 0.459 e. The van der Waals surface area contributed by atoms with E-state index in [4.69, 9.17) is 4.42 Å². The van der Waals surface area contributed by atoms with Crippen LogP contribution in [0.1, 0.15) is 23.2 Å². The van der Waals surface area contributed by atoms with Gasteiger partial charge >= 0.3 is 0 Å². The highest BCUT2D eigenvalue weighted by molar-refractivity contribution is 6.02. The molecule has 0 aliphatic carbocycles. The number of carbonyl (C=O) groups excluding carboxylic acids is 2. The number of imide groups is 1. The van der Waals surface area contributed by atoms with Gasteiger partial charge in [-0.25, -0.2) is 4.68 Å². The number of furan rings is 1. The molecule has 2 aromatic rings. The Bertz CT molecular complexity index is 576. The molecule has 8 nitrogen and oxygen atoms in total. The summed E-state index contributed by atoms with van der Waals surface area (Å²) in [4.78, 5) is 23.2. The van der Waals surface area contributed by atoms with E-state index in [1.165, 1.54) is 17.0 Å². The van der Waals surface area contributed by atoms with E-state index < -0.39 is 11.8 Å². The smallest absolute Gasteiger partial charge is 0.293 e. The van der Waals surface area contributed by atoms with E-state index >= 15 is 0 Å². The molecule has 0 atom stereocenters. The second-order valence-electron chi connectivity index (χ2n) is 4.04. The monoisotopic (exact) mass is 277 g/mol. The third-order valence-electron chi connectivity index (χ3n) is 2.45. The number of nitrogens with one attached hydrogen (secondary N) is 2. The van der Waals surface area contributed by atoms with E-state index in [0.717, 1.165) is 12.2 Å². The van der Waals surface area contributed by atoms with Crippen molar-refractivity contribution in [1.29, 1.82) is 0 Å². The van der Waals surface area contributed by atoms with Crippen molar-refractivity contribution >= 4 is 11.8 Å². The zero-order chi connectivity index (χ0) is 14.4. The van der Waals surface area contributed by atoms with Gasteiger partial charge < -0.3 is 9.73 Å². The quantitative estimate of drug-likeness (QED) is 0.766. The van der Waals surface area contributed by atoms with Crippen LogP contribution in [0, 0.1) is 0 Å². The fourth-order valence-electron chi connectivity index (χ4n) is 1.53. The number of hydrogen-bond donors (Lipinski definition) is 2. The van der Waals surface area contributed by atoms with E-state index in [1.807, 2.05) is 6.92 Å². The minimum Gasteiger partial charge on any atom is -0.459 e. The molecule has 2 N–H and O–H groups in total. The second kappa shape index (κ2) is 6.62. The van der Waals surface area contributed by atoms with E-state index in [1.54, 1.807) is 12.3 Å². The van der Waals surface area contributed by atoms with Crippen LogP contribution < -0.4 is 10.6 Å². The molecule has 0 saturated carbocycles. The number of rotatable bonds is 6. The molecule has 0 aromatic carbocycles. The Hall–Kier alpha value is -2.48. The zero-order valence-electron chi connectivity index (χ0n) is 11.0. The van der Waals surface area contributed by atoms with Gasteiger partial charge in [0.2, 0.25) is 5.91 Å². The molecule has 0 aliphatic heterocycles. The van der Waals surface area contributed by atoms with Crippen LogP contribution in [0.15, 0.2) is 29.0 Å². The molecule has 2 heterocycles. The summed E-state index contributed by atoms with van der Waals surface area (Å²) < 4.78 is 6.26. The minimum absolute atomic E-state index is 0.0778. The lowest BCUT2D eigenvalue weighted by Gasteiger charge is -2.01. The molecular formula is C12H15N5O3. The average molecular weight is 277 g/mol. The van der Waals surface area contributed by atoms with Crippen molar-refractivity contribution in [3.05, 3.63) is 36.0 Å². The Kier molecular flexibility index (Phi) is 4.61. The normalized spacial score (nSPS) is 10.4. The minimum atomic E-state index is -0.576. The van der Waals surface area contributed by atoms with Crippen molar-refractivity contribution in [1.82, 2.24) is 25.6 Å². The first-order valence-corrected chi connectivity index (χ1v) is 6.16. The molecular weight excluding hydrogens is 262 g/mol. The fraction of sp³-hybridized carbons (Fsp3) is 0.333. The topological polar surface area (TPSA) is 102 Å². The molecule has 0 saturated heterocycles. The van der Waals surface area contributed by atoms with Crippen LogP contribution in [0.5, 0.6) is 0 Å². The van der Waals surface area contributed by atoms with Gasteiger partial charge in [0.25, 0.3) is 5.91 Å². The molecule has 0 spiro atoms. The Morgan fingerprint density at radius 1 is 1.45 bits per heavy atom. The molecule has 2 rings (SSSR count). The maximum Gasteiger partial charge on any atom is 0.293 e. The van der Waals surface area contributed by atoms with Gasteiger partial charge in [-0.1, -0.05) is 12.1 Å². The first kappa shape index (κ1) is 13.9. The van der Waals surface area contributed by atoms with E-state index in [-0.39, 0.29) is 12.3 Å².